The van der Waals surface area contributed by atoms with Crippen LogP contribution in [0.15, 0.2) is 30.3 Å². The van der Waals surface area contributed by atoms with Gasteiger partial charge in [0.1, 0.15) is 0 Å². The summed E-state index contributed by atoms with van der Waals surface area (Å²) in [5.74, 6) is 0.245. The van der Waals surface area contributed by atoms with Crippen molar-refractivity contribution in [2.45, 2.75) is 62.9 Å². The zero-order valence-electron chi connectivity index (χ0n) is 13.6. The molecule has 1 aromatic rings. The molecule has 120 valence electrons. The van der Waals surface area contributed by atoms with E-state index in [0.29, 0.717) is 13.0 Å². The van der Waals surface area contributed by atoms with E-state index >= 15 is 0 Å². The Labute approximate surface area is 133 Å². The van der Waals surface area contributed by atoms with Crippen molar-refractivity contribution in [2.75, 3.05) is 13.1 Å². The van der Waals surface area contributed by atoms with Crippen molar-refractivity contribution in [3.63, 3.8) is 0 Å². The highest BCUT2D eigenvalue weighted by molar-refractivity contribution is 5.77. The van der Waals surface area contributed by atoms with Crippen LogP contribution in [0.2, 0.25) is 0 Å². The molecular weight excluding hydrogens is 274 g/mol. The van der Waals surface area contributed by atoms with Gasteiger partial charge in [0.25, 0.3) is 0 Å². The zero-order valence-corrected chi connectivity index (χ0v) is 13.6. The van der Waals surface area contributed by atoms with E-state index in [4.69, 9.17) is 0 Å². The van der Waals surface area contributed by atoms with Gasteiger partial charge in [-0.2, -0.15) is 0 Å². The first kappa shape index (κ1) is 15.5. The summed E-state index contributed by atoms with van der Waals surface area (Å²) in [6.45, 7) is 3.72. The predicted molar refractivity (Wildman–Crippen MR) is 87.6 cm³/mol. The van der Waals surface area contributed by atoms with Crippen molar-refractivity contribution < 1.29 is 9.90 Å². The van der Waals surface area contributed by atoms with E-state index in [-0.39, 0.29) is 11.3 Å². The second-order valence-electron chi connectivity index (χ2n) is 7.42. The Morgan fingerprint density at radius 3 is 2.50 bits per heavy atom. The van der Waals surface area contributed by atoms with E-state index in [1.807, 2.05) is 11.0 Å². The molecule has 1 saturated carbocycles. The van der Waals surface area contributed by atoms with E-state index < -0.39 is 5.60 Å². The molecule has 0 spiro atoms. The summed E-state index contributed by atoms with van der Waals surface area (Å²) in [6.07, 6.45) is 6.28. The molecule has 0 bridgehead atoms. The number of likely N-dealkylation sites (tertiary alicyclic amines) is 1. The van der Waals surface area contributed by atoms with Gasteiger partial charge in [-0.15, -0.1) is 0 Å². The smallest absolute Gasteiger partial charge is 0.222 e. The maximum atomic E-state index is 12.3. The molecule has 22 heavy (non-hydrogen) atoms. The molecule has 0 radical (unpaired) electrons. The highest BCUT2D eigenvalue weighted by Crippen LogP contribution is 2.36. The number of benzene rings is 1. The normalized spacial score (nSPS) is 28.1. The van der Waals surface area contributed by atoms with Crippen LogP contribution in [-0.2, 0) is 10.2 Å². The Bertz CT molecular complexity index is 521. The summed E-state index contributed by atoms with van der Waals surface area (Å²) in [6, 6.07) is 10.5. The highest BCUT2D eigenvalue weighted by atomic mass is 16.3. The topological polar surface area (TPSA) is 40.5 Å². The van der Waals surface area contributed by atoms with Crippen LogP contribution >= 0.6 is 0 Å². The van der Waals surface area contributed by atoms with Gasteiger partial charge >= 0.3 is 0 Å². The molecule has 1 aromatic carbocycles. The van der Waals surface area contributed by atoms with Gasteiger partial charge in [0.15, 0.2) is 0 Å². The maximum absolute atomic E-state index is 12.3. The molecule has 3 heteroatoms. The quantitative estimate of drug-likeness (QED) is 0.927. The van der Waals surface area contributed by atoms with Gasteiger partial charge in [0.2, 0.25) is 5.91 Å². The average molecular weight is 301 g/mol. The van der Waals surface area contributed by atoms with Crippen molar-refractivity contribution in [1.29, 1.82) is 0 Å². The molecule has 1 N–H and O–H groups in total. The fraction of sp³-hybridized carbons (Fsp3) is 0.632. The molecule has 3 nitrogen and oxygen atoms in total. The number of rotatable bonds is 4. The third-order valence-electron chi connectivity index (χ3n) is 5.64. The number of amides is 1. The van der Waals surface area contributed by atoms with Crippen LogP contribution in [0, 0.1) is 0 Å². The molecule has 1 saturated heterocycles. The third kappa shape index (κ3) is 3.19. The Hall–Kier alpha value is -1.35. The molecule has 2 aliphatic rings. The first-order valence-electron chi connectivity index (χ1n) is 8.57. The van der Waals surface area contributed by atoms with Gasteiger partial charge in [-0.05, 0) is 31.2 Å². The predicted octanol–water partition coefficient (Wildman–Crippen LogP) is 3.26. The van der Waals surface area contributed by atoms with Crippen molar-refractivity contribution in [3.05, 3.63) is 35.9 Å². The molecule has 0 unspecified atom stereocenters. The van der Waals surface area contributed by atoms with Gasteiger partial charge in [-0.3, -0.25) is 4.79 Å². The minimum atomic E-state index is -0.527. The molecule has 1 aliphatic heterocycles. The highest BCUT2D eigenvalue weighted by Gasteiger charge is 2.38. The van der Waals surface area contributed by atoms with E-state index in [2.05, 4.69) is 31.2 Å². The fourth-order valence-corrected chi connectivity index (χ4v) is 4.04. The summed E-state index contributed by atoms with van der Waals surface area (Å²) in [5.41, 5.74) is 0.820. The minimum Gasteiger partial charge on any atom is -0.390 e. The number of piperidine rings is 1. The maximum Gasteiger partial charge on any atom is 0.222 e. The lowest BCUT2D eigenvalue weighted by molar-refractivity contribution is -0.136. The van der Waals surface area contributed by atoms with Crippen LogP contribution in [0.5, 0.6) is 0 Å². The summed E-state index contributed by atoms with van der Waals surface area (Å²) in [5, 5.41) is 10.5. The van der Waals surface area contributed by atoms with Crippen LogP contribution in [0.4, 0.5) is 0 Å². The van der Waals surface area contributed by atoms with Crippen molar-refractivity contribution in [1.82, 2.24) is 4.90 Å². The SMILES string of the molecule is C[C@]1(c2ccccc2)CCC(=O)N(CCC2(O)CCCC2)C1. The largest absolute Gasteiger partial charge is 0.390 e. The van der Waals surface area contributed by atoms with Crippen LogP contribution in [0.25, 0.3) is 0 Å². The number of aliphatic hydroxyl groups is 1. The van der Waals surface area contributed by atoms with Crippen LogP contribution in [0.3, 0.4) is 0 Å². The van der Waals surface area contributed by atoms with E-state index in [1.165, 1.54) is 5.56 Å². The van der Waals surface area contributed by atoms with Gasteiger partial charge in [-0.25, -0.2) is 0 Å². The van der Waals surface area contributed by atoms with E-state index in [9.17, 15) is 9.90 Å². The Kier molecular flexibility index (Phi) is 4.26. The summed E-state index contributed by atoms with van der Waals surface area (Å²) >= 11 is 0. The molecule has 1 aliphatic carbocycles. The Balaban J connectivity index is 1.67. The lowest BCUT2D eigenvalue weighted by atomic mass is 9.75. The van der Waals surface area contributed by atoms with Crippen molar-refractivity contribution in [2.24, 2.45) is 0 Å². The third-order valence-corrected chi connectivity index (χ3v) is 5.64. The van der Waals surface area contributed by atoms with E-state index in [1.54, 1.807) is 0 Å². The number of hydrogen-bond donors (Lipinski definition) is 1. The first-order valence-corrected chi connectivity index (χ1v) is 8.57. The standard InChI is InChI=1S/C19H27NO2/c1-18(16-7-3-2-4-8-16)12-9-17(21)20(15-18)14-13-19(22)10-5-6-11-19/h2-4,7-8,22H,5-6,9-15H2,1H3/t18-/m0/s1. The monoisotopic (exact) mass is 301 g/mol. The summed E-state index contributed by atoms with van der Waals surface area (Å²) in [4.78, 5) is 14.2. The first-order chi connectivity index (χ1) is 10.5. The van der Waals surface area contributed by atoms with Gasteiger partial charge in [0.05, 0.1) is 5.60 Å². The average Bonchev–Trinajstić information content (AvgIpc) is 2.97. The van der Waals surface area contributed by atoms with Crippen LogP contribution in [0.1, 0.15) is 57.4 Å². The van der Waals surface area contributed by atoms with Crippen molar-refractivity contribution in [3.8, 4) is 0 Å². The fourth-order valence-electron chi connectivity index (χ4n) is 4.04. The van der Waals surface area contributed by atoms with E-state index in [0.717, 1.165) is 45.1 Å². The molecule has 2 fully saturated rings. The van der Waals surface area contributed by atoms with Gasteiger partial charge < -0.3 is 10.0 Å². The molecule has 0 aromatic heterocycles. The number of carbonyl (C=O) groups excluding carboxylic acids is 1. The van der Waals surface area contributed by atoms with Gasteiger partial charge in [-0.1, -0.05) is 50.1 Å². The molecule has 1 atom stereocenters. The minimum absolute atomic E-state index is 0.0352. The number of nitrogens with zero attached hydrogens (tertiary/aromatic N) is 1. The second-order valence-corrected chi connectivity index (χ2v) is 7.42. The molecule has 1 heterocycles. The molecule has 1 amide bonds. The lowest BCUT2D eigenvalue weighted by Crippen LogP contribution is -2.48. The summed E-state index contributed by atoms with van der Waals surface area (Å²) < 4.78 is 0. The van der Waals surface area contributed by atoms with Gasteiger partial charge in [0, 0.05) is 24.9 Å². The molecular formula is C19H27NO2. The molecule has 3 rings (SSSR count). The second kappa shape index (κ2) is 6.04. The Morgan fingerprint density at radius 1 is 1.14 bits per heavy atom. The van der Waals surface area contributed by atoms with Crippen molar-refractivity contribution >= 4 is 5.91 Å². The lowest BCUT2D eigenvalue weighted by Gasteiger charge is -2.41. The Morgan fingerprint density at radius 2 is 1.82 bits per heavy atom. The zero-order chi connectivity index (χ0) is 15.6. The summed E-state index contributed by atoms with van der Waals surface area (Å²) in [7, 11) is 0. The van der Waals surface area contributed by atoms with Crippen LogP contribution in [-0.4, -0.2) is 34.6 Å². The number of carbonyl (C=O) groups is 1. The van der Waals surface area contributed by atoms with Crippen LogP contribution < -0.4 is 0 Å². The number of hydrogen-bond acceptors (Lipinski definition) is 2.